The van der Waals surface area contributed by atoms with E-state index in [4.69, 9.17) is 0 Å². The third kappa shape index (κ3) is 2.66. The Morgan fingerprint density at radius 1 is 1.12 bits per heavy atom. The van der Waals surface area contributed by atoms with E-state index in [1.54, 1.807) is 6.07 Å². The lowest BCUT2D eigenvalue weighted by Gasteiger charge is -2.19. The summed E-state index contributed by atoms with van der Waals surface area (Å²) in [6, 6.07) is 5.18. The molecule has 0 fully saturated rings. The van der Waals surface area contributed by atoms with Gasteiger partial charge in [-0.25, -0.2) is 8.42 Å². The average Bonchev–Trinajstić information content (AvgIpc) is 2.71. The summed E-state index contributed by atoms with van der Waals surface area (Å²) in [5.41, 5.74) is 2.06. The Balaban J connectivity index is 2.58. The molecule has 2 aromatic carbocycles. The van der Waals surface area contributed by atoms with Crippen LogP contribution < -0.4 is 0 Å². The van der Waals surface area contributed by atoms with E-state index in [1.807, 2.05) is 27.7 Å². The van der Waals surface area contributed by atoms with Crippen LogP contribution >= 0.6 is 0 Å². The first-order valence-electron chi connectivity index (χ1n) is 7.96. The number of hydrogen-bond acceptors (Lipinski definition) is 5. The van der Waals surface area contributed by atoms with Crippen molar-refractivity contribution in [2.45, 2.75) is 42.9 Å². The van der Waals surface area contributed by atoms with E-state index in [9.17, 15) is 25.9 Å². The fourth-order valence-corrected chi connectivity index (χ4v) is 5.03. The van der Waals surface area contributed by atoms with Gasteiger partial charge < -0.3 is 4.55 Å². The maximum Gasteiger partial charge on any atom is 0.294 e. The van der Waals surface area contributed by atoms with Crippen molar-refractivity contribution in [1.29, 1.82) is 0 Å². The zero-order valence-electron chi connectivity index (χ0n) is 14.8. The molecule has 0 atom stereocenters. The van der Waals surface area contributed by atoms with Crippen molar-refractivity contribution < 1.29 is 30.5 Å². The van der Waals surface area contributed by atoms with Gasteiger partial charge in [0, 0.05) is 23.9 Å². The molecule has 3 rings (SSSR count). The Bertz CT molecular complexity index is 1190. The van der Waals surface area contributed by atoms with E-state index in [1.165, 1.54) is 12.1 Å². The van der Waals surface area contributed by atoms with E-state index in [-0.39, 0.29) is 5.39 Å². The summed E-state index contributed by atoms with van der Waals surface area (Å²) in [5.74, 6) is 0. The van der Waals surface area contributed by atoms with Crippen molar-refractivity contribution in [3.63, 3.8) is 0 Å². The zero-order chi connectivity index (χ0) is 19.7. The molecular weight excluding hydrogens is 378 g/mol. The van der Waals surface area contributed by atoms with Crippen molar-refractivity contribution in [3.8, 4) is 0 Å². The summed E-state index contributed by atoms with van der Waals surface area (Å²) < 4.78 is 69.9. The lowest BCUT2D eigenvalue weighted by atomic mass is 9.80. The highest BCUT2D eigenvalue weighted by Gasteiger charge is 2.44. The molecule has 0 aliphatic carbocycles. The minimum absolute atomic E-state index is 0.143. The van der Waals surface area contributed by atoms with Crippen LogP contribution in [0.1, 0.15) is 33.3 Å². The molecule has 0 amide bonds. The quantitative estimate of drug-likeness (QED) is 0.628. The van der Waals surface area contributed by atoms with Gasteiger partial charge in [-0.2, -0.15) is 13.0 Å². The molecule has 1 N–H and O–H groups in total. The molecule has 7 nitrogen and oxygen atoms in total. The van der Waals surface area contributed by atoms with Crippen LogP contribution in [0.25, 0.3) is 10.8 Å². The topological polar surface area (TPSA) is 115 Å². The lowest BCUT2D eigenvalue weighted by molar-refractivity contribution is -0.434. The monoisotopic (exact) mass is 397 g/mol. The molecule has 140 valence electrons. The molecule has 0 radical (unpaired) electrons. The van der Waals surface area contributed by atoms with Crippen LogP contribution in [-0.2, 0) is 25.7 Å². The summed E-state index contributed by atoms with van der Waals surface area (Å²) in [6.45, 7) is 8.50. The molecule has 9 heteroatoms. The highest BCUT2D eigenvalue weighted by Crippen LogP contribution is 2.45. The van der Waals surface area contributed by atoms with Crippen LogP contribution in [0.3, 0.4) is 0 Å². The number of benzene rings is 2. The molecule has 0 saturated carbocycles. The maximum atomic E-state index is 11.7. The van der Waals surface area contributed by atoms with Crippen molar-refractivity contribution in [2.75, 3.05) is 6.54 Å². The normalized spacial score (nSPS) is 17.0. The largest absolute Gasteiger partial charge is 0.744 e. The molecule has 1 aliphatic rings. The molecule has 2 aromatic rings. The summed E-state index contributed by atoms with van der Waals surface area (Å²) in [5, 5.41) is 0.470. The Hall–Kier alpha value is -1.81. The summed E-state index contributed by atoms with van der Waals surface area (Å²) in [7, 11) is -9.63. The Morgan fingerprint density at radius 3 is 2.23 bits per heavy atom. The van der Waals surface area contributed by atoms with Crippen molar-refractivity contribution in [3.05, 3.63) is 29.8 Å². The predicted molar refractivity (Wildman–Crippen MR) is 95.9 cm³/mol. The second-order valence-corrected chi connectivity index (χ2v) is 9.63. The standard InChI is InChI=1S/C17H19NO6S2/c1-5-18-10(2)17(3,4)16-13-8-11(25(19,20)21)9-15(26(22,23)24)12(13)6-7-14(16)18/h6-9H,5H2,1-4H3,(H-,19,20,21,22,23,24). The number of hydrogen-bond donors (Lipinski definition) is 1. The maximum absolute atomic E-state index is 11.7. The highest BCUT2D eigenvalue weighted by molar-refractivity contribution is 7.86. The summed E-state index contributed by atoms with van der Waals surface area (Å²) in [4.78, 5) is -1.27. The molecule has 0 spiro atoms. The van der Waals surface area contributed by atoms with Gasteiger partial charge in [0.15, 0.2) is 5.71 Å². The number of fused-ring (bicyclic) bond motifs is 3. The Morgan fingerprint density at radius 2 is 1.73 bits per heavy atom. The first-order valence-corrected chi connectivity index (χ1v) is 10.8. The van der Waals surface area contributed by atoms with E-state index in [0.717, 1.165) is 17.0 Å². The lowest BCUT2D eigenvalue weighted by Crippen LogP contribution is -2.26. The number of rotatable bonds is 3. The van der Waals surface area contributed by atoms with Gasteiger partial charge in [-0.15, -0.1) is 0 Å². The van der Waals surface area contributed by atoms with Crippen molar-refractivity contribution in [1.82, 2.24) is 0 Å². The first-order chi connectivity index (χ1) is 11.8. The minimum atomic E-state index is -4.95. The summed E-state index contributed by atoms with van der Waals surface area (Å²) >= 11 is 0. The third-order valence-electron chi connectivity index (χ3n) is 5.16. The van der Waals surface area contributed by atoms with Gasteiger partial charge in [0.25, 0.3) is 10.1 Å². The van der Waals surface area contributed by atoms with Gasteiger partial charge in [-0.1, -0.05) is 0 Å². The van der Waals surface area contributed by atoms with E-state index in [2.05, 4.69) is 4.58 Å². The first kappa shape index (κ1) is 19.0. The van der Waals surface area contributed by atoms with Crippen LogP contribution in [0.2, 0.25) is 0 Å². The molecule has 0 aromatic heterocycles. The molecular formula is C17H19NO6S2. The molecule has 1 heterocycles. The second kappa shape index (κ2) is 5.59. The van der Waals surface area contributed by atoms with Gasteiger partial charge in [0.2, 0.25) is 5.69 Å². The van der Waals surface area contributed by atoms with Gasteiger partial charge in [0.05, 0.1) is 15.2 Å². The van der Waals surface area contributed by atoms with Gasteiger partial charge >= 0.3 is 0 Å². The van der Waals surface area contributed by atoms with Crippen molar-refractivity contribution >= 4 is 42.4 Å². The van der Waals surface area contributed by atoms with E-state index >= 15 is 0 Å². The van der Waals surface area contributed by atoms with Crippen LogP contribution in [0.4, 0.5) is 5.69 Å². The van der Waals surface area contributed by atoms with Gasteiger partial charge in [-0.3, -0.25) is 4.55 Å². The second-order valence-electron chi connectivity index (χ2n) is 6.86. The van der Waals surface area contributed by atoms with E-state index < -0.39 is 35.4 Å². The van der Waals surface area contributed by atoms with Crippen LogP contribution in [0.5, 0.6) is 0 Å². The average molecular weight is 397 g/mol. The van der Waals surface area contributed by atoms with E-state index in [0.29, 0.717) is 18.0 Å². The molecule has 26 heavy (non-hydrogen) atoms. The smallest absolute Gasteiger partial charge is 0.294 e. The molecule has 0 unspecified atom stereocenters. The fraction of sp³-hybridized carbons (Fsp3) is 0.353. The van der Waals surface area contributed by atoms with Gasteiger partial charge in [0.1, 0.15) is 16.7 Å². The Labute approximate surface area is 152 Å². The van der Waals surface area contributed by atoms with Crippen LogP contribution in [0.15, 0.2) is 34.1 Å². The molecule has 1 aliphatic heterocycles. The van der Waals surface area contributed by atoms with Crippen LogP contribution in [-0.4, -0.2) is 42.8 Å². The minimum Gasteiger partial charge on any atom is -0.744 e. The SMILES string of the molecule is CC[N+]1=C(C)C(C)(C)c2c1ccc1c(S(=O)(=O)[O-])cc(S(=O)(=O)O)cc21. The zero-order valence-corrected chi connectivity index (χ0v) is 16.4. The highest BCUT2D eigenvalue weighted by atomic mass is 32.2. The van der Waals surface area contributed by atoms with Crippen molar-refractivity contribution in [2.24, 2.45) is 0 Å². The molecule has 0 bridgehead atoms. The predicted octanol–water partition coefficient (Wildman–Crippen LogP) is 2.41. The van der Waals surface area contributed by atoms with Gasteiger partial charge in [-0.05, 0) is 44.4 Å². The fourth-order valence-electron chi connectivity index (χ4n) is 3.71. The third-order valence-corrected chi connectivity index (χ3v) is 6.87. The van der Waals surface area contributed by atoms with Crippen LogP contribution in [0, 0.1) is 0 Å². The molecule has 0 saturated heterocycles. The Kier molecular flexibility index (Phi) is 4.08. The number of nitrogens with zero attached hydrogens (tertiary/aromatic N) is 1. The summed E-state index contributed by atoms with van der Waals surface area (Å²) in [6.07, 6.45) is 0.